The maximum Gasteiger partial charge on any atom is 0.304 e. The van der Waals surface area contributed by atoms with Gasteiger partial charge in [-0.2, -0.15) is 0 Å². The van der Waals surface area contributed by atoms with Crippen LogP contribution in [0.25, 0.3) is 0 Å². The number of carboxylic acids is 1. The molecule has 3 aromatic rings. The van der Waals surface area contributed by atoms with E-state index in [0.717, 1.165) is 16.8 Å². The van der Waals surface area contributed by atoms with Crippen molar-refractivity contribution in [1.29, 1.82) is 0 Å². The molecule has 6 nitrogen and oxygen atoms in total. The van der Waals surface area contributed by atoms with Crippen LogP contribution < -0.4 is 9.64 Å². The Kier molecular flexibility index (Phi) is 5.48. The van der Waals surface area contributed by atoms with Gasteiger partial charge in [0.15, 0.2) is 0 Å². The molecule has 0 bridgehead atoms. The van der Waals surface area contributed by atoms with E-state index in [1.807, 2.05) is 55.5 Å². The maximum atomic E-state index is 13.2. The molecular formula is C24H22N2O4. The predicted octanol–water partition coefficient (Wildman–Crippen LogP) is 4.27. The van der Waals surface area contributed by atoms with E-state index in [1.54, 1.807) is 29.4 Å². The molecule has 0 saturated carbocycles. The summed E-state index contributed by atoms with van der Waals surface area (Å²) in [6, 6.07) is 18.0. The van der Waals surface area contributed by atoms with Crippen LogP contribution in [0.5, 0.6) is 5.75 Å². The van der Waals surface area contributed by atoms with Gasteiger partial charge in [0.1, 0.15) is 12.4 Å². The van der Waals surface area contributed by atoms with Crippen molar-refractivity contribution in [3.63, 3.8) is 0 Å². The van der Waals surface area contributed by atoms with Crippen molar-refractivity contribution in [2.75, 3.05) is 4.90 Å². The van der Waals surface area contributed by atoms with Gasteiger partial charge in [-0.1, -0.05) is 24.3 Å². The molecule has 1 amide bonds. The number of amides is 1. The third kappa shape index (κ3) is 3.89. The first-order valence-electron chi connectivity index (χ1n) is 9.80. The Morgan fingerprint density at radius 1 is 1.10 bits per heavy atom. The lowest BCUT2D eigenvalue weighted by Crippen LogP contribution is -2.37. The Labute approximate surface area is 174 Å². The quantitative estimate of drug-likeness (QED) is 0.666. The minimum Gasteiger partial charge on any atom is -0.489 e. The number of benzene rings is 2. The number of pyridine rings is 1. The van der Waals surface area contributed by atoms with Gasteiger partial charge in [-0.25, -0.2) is 0 Å². The molecule has 152 valence electrons. The molecule has 0 aliphatic carbocycles. The van der Waals surface area contributed by atoms with Crippen LogP contribution >= 0.6 is 0 Å². The predicted molar refractivity (Wildman–Crippen MR) is 113 cm³/mol. The molecule has 30 heavy (non-hydrogen) atoms. The third-order valence-corrected chi connectivity index (χ3v) is 5.41. The molecule has 1 aliphatic rings. The molecule has 0 radical (unpaired) electrons. The minimum absolute atomic E-state index is 0.0568. The number of hydrogen-bond acceptors (Lipinski definition) is 4. The van der Waals surface area contributed by atoms with Gasteiger partial charge in [0.2, 0.25) is 0 Å². The lowest BCUT2D eigenvalue weighted by Gasteiger charge is -2.25. The number of carboxylic acid groups (broad SMARTS) is 1. The molecule has 2 heterocycles. The van der Waals surface area contributed by atoms with Gasteiger partial charge >= 0.3 is 5.97 Å². The summed E-state index contributed by atoms with van der Waals surface area (Å²) in [5.41, 5.74) is 3.06. The van der Waals surface area contributed by atoms with Crippen LogP contribution in [0.2, 0.25) is 0 Å². The van der Waals surface area contributed by atoms with Crippen molar-refractivity contribution in [2.45, 2.75) is 31.9 Å². The topological polar surface area (TPSA) is 79.7 Å². The van der Waals surface area contributed by atoms with Crippen LogP contribution in [0.3, 0.4) is 0 Å². The molecule has 2 unspecified atom stereocenters. The second kappa shape index (κ2) is 8.37. The van der Waals surface area contributed by atoms with E-state index in [0.29, 0.717) is 17.9 Å². The molecule has 1 N–H and O–H groups in total. The Morgan fingerprint density at radius 2 is 1.90 bits per heavy atom. The molecule has 1 aliphatic heterocycles. The number of rotatable bonds is 6. The van der Waals surface area contributed by atoms with Crippen LogP contribution in [0.4, 0.5) is 5.69 Å². The molecule has 2 aromatic carbocycles. The molecule has 0 fully saturated rings. The molecular weight excluding hydrogens is 380 g/mol. The van der Waals surface area contributed by atoms with Gasteiger partial charge in [-0.15, -0.1) is 0 Å². The summed E-state index contributed by atoms with van der Waals surface area (Å²) in [4.78, 5) is 30.5. The zero-order valence-corrected chi connectivity index (χ0v) is 16.6. The summed E-state index contributed by atoms with van der Waals surface area (Å²) >= 11 is 0. The number of anilines is 1. The normalized spacial score (nSPS) is 17.4. The number of hydrogen-bond donors (Lipinski definition) is 1. The zero-order chi connectivity index (χ0) is 21.1. The SMILES string of the molecule is CC1C(CC(=O)O)c2cc(OCc3cccnc3)ccc2N1C(=O)c1ccccc1. The van der Waals surface area contributed by atoms with E-state index in [9.17, 15) is 14.7 Å². The molecule has 0 saturated heterocycles. The van der Waals surface area contributed by atoms with Crippen LogP contribution in [0.1, 0.15) is 40.7 Å². The van der Waals surface area contributed by atoms with E-state index in [2.05, 4.69) is 4.98 Å². The Bertz CT molecular complexity index is 1050. The summed E-state index contributed by atoms with van der Waals surface area (Å²) < 4.78 is 5.90. The zero-order valence-electron chi connectivity index (χ0n) is 16.6. The fourth-order valence-electron chi connectivity index (χ4n) is 3.93. The second-order valence-corrected chi connectivity index (χ2v) is 7.36. The van der Waals surface area contributed by atoms with E-state index in [1.165, 1.54) is 0 Å². The first-order valence-corrected chi connectivity index (χ1v) is 9.80. The smallest absolute Gasteiger partial charge is 0.304 e. The number of nitrogens with zero attached hydrogens (tertiary/aromatic N) is 2. The van der Waals surface area contributed by atoms with E-state index >= 15 is 0 Å². The fraction of sp³-hybridized carbons (Fsp3) is 0.208. The highest BCUT2D eigenvalue weighted by Gasteiger charge is 2.40. The van der Waals surface area contributed by atoms with Crippen molar-refractivity contribution < 1.29 is 19.4 Å². The summed E-state index contributed by atoms with van der Waals surface area (Å²) in [6.07, 6.45) is 3.39. The average Bonchev–Trinajstić information content (AvgIpc) is 3.03. The van der Waals surface area contributed by atoms with Crippen molar-refractivity contribution in [2.24, 2.45) is 0 Å². The average molecular weight is 402 g/mol. The van der Waals surface area contributed by atoms with Crippen LogP contribution in [-0.4, -0.2) is 28.0 Å². The Morgan fingerprint density at radius 3 is 2.60 bits per heavy atom. The van der Waals surface area contributed by atoms with Gasteiger partial charge in [-0.3, -0.25) is 14.6 Å². The number of aromatic nitrogens is 1. The van der Waals surface area contributed by atoms with Gasteiger partial charge in [0.05, 0.1) is 6.42 Å². The van der Waals surface area contributed by atoms with Crippen molar-refractivity contribution in [3.8, 4) is 5.75 Å². The maximum absolute atomic E-state index is 13.2. The summed E-state index contributed by atoms with van der Waals surface area (Å²) in [6.45, 7) is 2.25. The minimum atomic E-state index is -0.895. The van der Waals surface area contributed by atoms with Gasteiger partial charge < -0.3 is 14.7 Å². The highest BCUT2D eigenvalue weighted by Crippen LogP contribution is 2.45. The lowest BCUT2D eigenvalue weighted by molar-refractivity contribution is -0.137. The third-order valence-electron chi connectivity index (χ3n) is 5.41. The lowest BCUT2D eigenvalue weighted by atomic mass is 9.92. The highest BCUT2D eigenvalue weighted by molar-refractivity contribution is 6.08. The summed E-state index contributed by atoms with van der Waals surface area (Å²) in [5, 5.41) is 9.44. The number of fused-ring (bicyclic) bond motifs is 1. The molecule has 2 atom stereocenters. The van der Waals surface area contributed by atoms with Gasteiger partial charge in [-0.05, 0) is 48.9 Å². The first-order chi connectivity index (χ1) is 14.5. The molecule has 1 aromatic heterocycles. The Hall–Kier alpha value is -3.67. The van der Waals surface area contributed by atoms with Crippen molar-refractivity contribution >= 4 is 17.6 Å². The summed E-state index contributed by atoms with van der Waals surface area (Å²) in [5.74, 6) is -0.712. The number of carbonyl (C=O) groups excluding carboxylic acids is 1. The van der Waals surface area contributed by atoms with Gasteiger partial charge in [0.25, 0.3) is 5.91 Å². The summed E-state index contributed by atoms with van der Waals surface area (Å²) in [7, 11) is 0. The molecule has 0 spiro atoms. The molecule has 6 heteroatoms. The number of aliphatic carboxylic acids is 1. The standard InChI is InChI=1S/C24H22N2O4/c1-16-20(13-23(27)28)21-12-19(30-15-17-6-5-11-25-14-17)9-10-22(21)26(16)24(29)18-7-3-2-4-8-18/h2-12,14,16,20H,13,15H2,1H3,(H,27,28). The second-order valence-electron chi connectivity index (χ2n) is 7.36. The molecule has 4 rings (SSSR count). The van der Waals surface area contributed by atoms with Crippen molar-refractivity contribution in [1.82, 2.24) is 4.98 Å². The van der Waals surface area contributed by atoms with Crippen LogP contribution in [0, 0.1) is 0 Å². The van der Waals surface area contributed by atoms with E-state index in [-0.39, 0.29) is 24.3 Å². The van der Waals surface area contributed by atoms with E-state index < -0.39 is 5.97 Å². The van der Waals surface area contributed by atoms with E-state index in [4.69, 9.17) is 4.74 Å². The van der Waals surface area contributed by atoms with Crippen molar-refractivity contribution in [3.05, 3.63) is 89.7 Å². The number of carbonyl (C=O) groups is 2. The fourth-order valence-corrected chi connectivity index (χ4v) is 3.93. The largest absolute Gasteiger partial charge is 0.489 e. The van der Waals surface area contributed by atoms with Crippen LogP contribution in [-0.2, 0) is 11.4 Å². The number of ether oxygens (including phenoxy) is 1. The van der Waals surface area contributed by atoms with Crippen LogP contribution in [0.15, 0.2) is 73.1 Å². The monoisotopic (exact) mass is 402 g/mol. The highest BCUT2D eigenvalue weighted by atomic mass is 16.5. The van der Waals surface area contributed by atoms with Gasteiger partial charge in [0, 0.05) is 41.2 Å². The Balaban J connectivity index is 1.65. The first kappa shape index (κ1) is 19.6.